The monoisotopic (exact) mass is 2060 g/mol. The average Bonchev–Trinajstić information content (AvgIpc) is 0.775. The average molecular weight is 2060 g/mol. The quantitative estimate of drug-likeness (QED) is 0.00922. The van der Waals surface area contributed by atoms with Crippen molar-refractivity contribution in [3.05, 3.63) is 101 Å². The van der Waals surface area contributed by atoms with Gasteiger partial charge < -0.3 is 90.9 Å². The van der Waals surface area contributed by atoms with E-state index in [0.29, 0.717) is 0 Å². The SMILES string of the molecule is CC(=O)C(N)CCC(=O)C[C@@H](CS(=O)CC(=O)N1CC([N+](=O)[O-])([N+](=O)[O-])C1)C(=O)O.CC(C)(C)OC(=O)N[C@@H](CS(=O)CC(=O)N1CC([N+](=O)[O-])([N+](=O)[O-])C1)C(=O)O.CCOC(=O)N[C@@H](CS(=O)CC(=O)N1CC([N+](=O)[O-])([N+](=O)[O-])C1)C(=O)O.CCOC(=O)[C@@H](N)CS(=O)CC(=O)N1CC([N+](=O)[O-])([N+](=O)[O-])C1.COC(=O)[C@H](CS(=O)CC(=O)N1CC([N+](=O)[O-])([N+](=O)[O-])C1)NC(=O)OC(C)(C)C. The first-order chi connectivity index (χ1) is 62.3. The number of aliphatic carboxylic acids is 3. The van der Waals surface area contributed by atoms with E-state index in [1.165, 1.54) is 13.8 Å². The van der Waals surface area contributed by atoms with Gasteiger partial charge in [0.15, 0.2) is 65.4 Å². The molecule has 0 aromatic carbocycles. The van der Waals surface area contributed by atoms with Crippen molar-refractivity contribution in [3.8, 4) is 0 Å². The molecule has 5 aliphatic rings. The van der Waals surface area contributed by atoms with Crippen molar-refractivity contribution >= 4 is 143 Å². The Morgan fingerprint density at radius 2 is 0.618 bits per heavy atom. The molecule has 5 saturated heterocycles. The molecule has 5 heterocycles. The maximum atomic E-state index is 12.2. The summed E-state index contributed by atoms with van der Waals surface area (Å²) in [6, 6.07) is -6.54. The van der Waals surface area contributed by atoms with Crippen LogP contribution in [-0.2, 0) is 135 Å². The first-order valence-corrected chi connectivity index (χ1v) is 45.8. The van der Waals surface area contributed by atoms with Crippen molar-refractivity contribution in [3.63, 3.8) is 0 Å². The topological polar surface area (TPSA) is 984 Å². The lowest BCUT2D eigenvalue weighted by molar-refractivity contribution is -0.809. The van der Waals surface area contributed by atoms with E-state index < -0.39 is 386 Å². The van der Waals surface area contributed by atoms with Gasteiger partial charge in [0, 0.05) is 78.3 Å². The summed E-state index contributed by atoms with van der Waals surface area (Å²) in [5, 5.41) is 141. The van der Waals surface area contributed by atoms with Gasteiger partial charge in [-0.05, 0) is 68.7 Å². The molecule has 5 rings (SSSR count). The summed E-state index contributed by atoms with van der Waals surface area (Å²) in [5.74, 6) is -18.1. The lowest BCUT2D eigenvalue weighted by Crippen LogP contribution is -2.71. The zero-order valence-electron chi connectivity index (χ0n) is 73.3. The number of carboxylic acids is 3. The molecule has 0 spiro atoms. The fourth-order valence-electron chi connectivity index (χ4n) is 10.9. The third-order valence-electron chi connectivity index (χ3n) is 18.5. The van der Waals surface area contributed by atoms with Crippen molar-refractivity contribution in [1.82, 2.24) is 40.4 Å². The fourth-order valence-corrected chi connectivity index (χ4v) is 16.8. The second-order valence-electron chi connectivity index (χ2n) is 31.4. The molecule has 0 bridgehead atoms. The molecular weight excluding hydrogens is 1970 g/mol. The highest BCUT2D eigenvalue weighted by Gasteiger charge is 2.71. The smallest absolute Gasteiger partial charge is 0.481 e. The number of amides is 8. The molecule has 5 fully saturated rings. The molecule has 0 aromatic rings. The van der Waals surface area contributed by atoms with Crippen molar-refractivity contribution in [1.29, 1.82) is 0 Å². The number of nitro groups is 10. The van der Waals surface area contributed by atoms with Gasteiger partial charge in [0.2, 0.25) is 29.5 Å². The standard InChI is InChI=1S/C15H22N4O10S.C14H22N4O10S.C13H20N4O10S.C11H16N4O10S.C10H16N4O8S/c1-9(20)12(16)3-2-11(21)4-10(14(23)24)5-30(29)6-13(22)17-7-15(8-17,18(25)26)19(27)28;1-13(2,3)28-12(21)15-9(11(20)27-4)5-29(26)6-10(19)16-7-14(8-16,17(22)23)18(24)25;1-12(2,3)27-11(21)14-8(10(19)20)4-28(26)5-9(18)15-6-13(7-15,16(22)23)17(24)25;1-2-25-10(19)12-7(9(17)18)3-26(24)4-8(16)13-5-11(6-13,14(20)21)15(22)23;1-2-22-9(16)7(11)3-23(21)4-8(15)12-5-10(6-12,13(17)18)14(19)20/h10,12H,2-8,16H2,1H3,(H,23,24);9H,5-8H2,1-4H3,(H,15,21);8H,4-7H2,1-3H3,(H,14,21)(H,19,20);7H,2-6H2,1H3,(H,12,19)(H,17,18);7H,2-6,11H2,1H3/t10-,12?,30?;9-,29?;8-,28?;7-,26?;7-,23?/m00000/s1. The van der Waals surface area contributed by atoms with Crippen molar-refractivity contribution in [2.24, 2.45) is 17.4 Å². The number of methoxy groups -OCH3 is 1. The second-order valence-corrected chi connectivity index (χ2v) is 38.9. The van der Waals surface area contributed by atoms with Gasteiger partial charge in [0.1, 0.15) is 125 Å². The van der Waals surface area contributed by atoms with E-state index in [1.54, 1.807) is 48.5 Å². The van der Waals surface area contributed by atoms with E-state index in [1.807, 2.05) is 10.6 Å². The van der Waals surface area contributed by atoms with Crippen LogP contribution >= 0.6 is 0 Å². The third kappa shape index (κ3) is 35.7. The van der Waals surface area contributed by atoms with Crippen LogP contribution in [0.4, 0.5) is 14.4 Å². The Bertz CT molecular complexity index is 4670. The van der Waals surface area contributed by atoms with Gasteiger partial charge in [-0.3, -0.25) is 165 Å². The number of nitrogens with zero attached hydrogens (tertiary/aromatic N) is 15. The number of esters is 2. The van der Waals surface area contributed by atoms with Crippen LogP contribution in [-0.4, -0.2) is 412 Å². The van der Waals surface area contributed by atoms with Crippen LogP contribution in [0.2, 0.25) is 0 Å². The van der Waals surface area contributed by atoms with Gasteiger partial charge in [0.05, 0.1) is 49.5 Å². The van der Waals surface area contributed by atoms with Crippen LogP contribution in [0.1, 0.15) is 81.6 Å². The van der Waals surface area contributed by atoms with Crippen LogP contribution in [0.3, 0.4) is 0 Å². The number of rotatable bonds is 46. The number of carbonyl (C=O) groups excluding carboxylic acids is 12. The molecule has 11 atom stereocenters. The number of carbonyl (C=O) groups is 15. The summed E-state index contributed by atoms with van der Waals surface area (Å²) in [6.45, 7) is 6.36. The summed E-state index contributed by atoms with van der Waals surface area (Å²) in [7, 11) is -8.83. The van der Waals surface area contributed by atoms with E-state index in [9.17, 15) is 199 Å². The van der Waals surface area contributed by atoms with Crippen LogP contribution < -0.4 is 27.4 Å². The number of Topliss-reactive ketones (excluding diaryl/α,β-unsaturated/α-hetero) is 2. The largest absolute Gasteiger partial charge is 0.492 e. The minimum Gasteiger partial charge on any atom is -0.481 e. The minimum absolute atomic E-state index is 0.0106. The predicted molar refractivity (Wildman–Crippen MR) is 447 cm³/mol. The Morgan fingerprint density at radius 1 is 0.375 bits per heavy atom. The first-order valence-electron chi connectivity index (χ1n) is 38.3. The van der Waals surface area contributed by atoms with Gasteiger partial charge in [-0.2, -0.15) is 0 Å². The summed E-state index contributed by atoms with van der Waals surface area (Å²) in [4.78, 5) is 275. The van der Waals surface area contributed by atoms with Gasteiger partial charge in [-0.1, -0.05) is 0 Å². The highest BCUT2D eigenvalue weighted by atomic mass is 32.2. The minimum atomic E-state index is -2.49. The second kappa shape index (κ2) is 51.8. The summed E-state index contributed by atoms with van der Waals surface area (Å²) in [5.41, 5.74) is -3.11. The number of ether oxygens (including phenoxy) is 5. The van der Waals surface area contributed by atoms with E-state index in [-0.39, 0.29) is 37.6 Å². The molecule has 8 amide bonds. The summed E-state index contributed by atoms with van der Waals surface area (Å²) < 4.78 is 83.6. The molecule has 0 aromatic heterocycles. The molecule has 766 valence electrons. The molecule has 6 unspecified atom stereocenters. The van der Waals surface area contributed by atoms with E-state index in [0.717, 1.165) is 31.6 Å². The van der Waals surface area contributed by atoms with Gasteiger partial charge in [-0.15, -0.1) is 0 Å². The highest BCUT2D eigenvalue weighted by molar-refractivity contribution is 7.86. The molecule has 0 aliphatic carbocycles. The van der Waals surface area contributed by atoms with Crippen molar-refractivity contribution in [2.75, 3.05) is 143 Å². The van der Waals surface area contributed by atoms with Crippen LogP contribution in [0.5, 0.6) is 0 Å². The Balaban J connectivity index is 0.000000852. The number of likely N-dealkylation sites (tertiary alicyclic amines) is 5. The number of carboxylic acid groups (broad SMARTS) is 3. The Kier molecular flexibility index (Phi) is 45.9. The zero-order chi connectivity index (χ0) is 106. The lowest BCUT2D eigenvalue weighted by atomic mass is 9.99. The number of hydrogen-bond acceptors (Lipinski definition) is 47. The number of nitrogens with two attached hydrogens (primary N) is 2. The highest BCUT2D eigenvalue weighted by Crippen LogP contribution is 2.31. The predicted octanol–water partition coefficient (Wildman–Crippen LogP) is -8.37. The fraction of sp³-hybridized carbons (Fsp3) is 0.762. The van der Waals surface area contributed by atoms with Crippen LogP contribution in [0.25, 0.3) is 0 Å². The summed E-state index contributed by atoms with van der Waals surface area (Å²) >= 11 is 0. The maximum absolute atomic E-state index is 12.2. The van der Waals surface area contributed by atoms with E-state index >= 15 is 0 Å². The van der Waals surface area contributed by atoms with Crippen LogP contribution in [0.15, 0.2) is 0 Å². The first kappa shape index (κ1) is 121. The molecule has 68 nitrogen and oxygen atoms in total. The molecule has 10 N–H and O–H groups in total. The van der Waals surface area contributed by atoms with E-state index in [2.05, 4.69) is 19.5 Å². The molecule has 5 aliphatic heterocycles. The van der Waals surface area contributed by atoms with Crippen molar-refractivity contribution in [2.45, 2.75) is 151 Å². The number of nitrogens with one attached hydrogen (secondary N) is 3. The maximum Gasteiger partial charge on any atom is 0.492 e. The normalized spacial score (nSPS) is 17.7. The summed E-state index contributed by atoms with van der Waals surface area (Å²) in [6.07, 6.45) is -3.59. The molecule has 0 radical (unpaired) electrons. The van der Waals surface area contributed by atoms with Gasteiger partial charge >= 0.3 is 76.4 Å². The Morgan fingerprint density at radius 3 is 0.846 bits per heavy atom. The molecule has 73 heteroatoms. The zero-order valence-corrected chi connectivity index (χ0v) is 77.3. The number of hydrogen-bond donors (Lipinski definition) is 8. The Labute approximate surface area is 774 Å². The third-order valence-corrected chi connectivity index (χ3v) is 25.0. The number of ketones is 2. The Hall–Kier alpha value is -13.5. The van der Waals surface area contributed by atoms with E-state index in [4.69, 9.17) is 31.2 Å². The van der Waals surface area contributed by atoms with Crippen LogP contribution in [0, 0.1) is 107 Å². The molecule has 136 heavy (non-hydrogen) atoms. The van der Waals surface area contributed by atoms with Gasteiger partial charge in [-0.25, -0.2) is 28.8 Å². The van der Waals surface area contributed by atoms with Crippen molar-refractivity contribution < 1.29 is 181 Å². The number of alkyl carbamates (subject to hydrolysis) is 3. The molecular formula is C63H96N20O48S5. The lowest BCUT2D eigenvalue weighted by Gasteiger charge is -2.35. The molecule has 0 saturated carbocycles. The van der Waals surface area contributed by atoms with Gasteiger partial charge in [0.25, 0.3) is 0 Å².